The van der Waals surface area contributed by atoms with Gasteiger partial charge in [-0.3, -0.25) is 4.79 Å². The van der Waals surface area contributed by atoms with E-state index in [1.165, 1.54) is 32.6 Å². The van der Waals surface area contributed by atoms with Gasteiger partial charge in [0.05, 0.1) is 27.6 Å². The predicted molar refractivity (Wildman–Crippen MR) is 183 cm³/mol. The molecule has 0 aliphatic heterocycles. The van der Waals surface area contributed by atoms with E-state index in [1.807, 2.05) is 31.3 Å². The van der Waals surface area contributed by atoms with Gasteiger partial charge in [0, 0.05) is 55.8 Å². The smallest absolute Gasteiger partial charge is 0.192 e. The maximum Gasteiger partial charge on any atom is 0.192 e. The Morgan fingerprint density at radius 3 is 1.45 bits per heavy atom. The molecule has 0 bridgehead atoms. The zero-order valence-corrected chi connectivity index (χ0v) is 24.1. The van der Waals surface area contributed by atoms with Gasteiger partial charge in [-0.1, -0.05) is 72.8 Å². The minimum Gasteiger partial charge on any atom is -0.316 e. The van der Waals surface area contributed by atoms with E-state index in [0.29, 0.717) is 5.39 Å². The van der Waals surface area contributed by atoms with Crippen LogP contribution in [-0.4, -0.2) is 13.7 Å². The molecule has 0 radical (unpaired) electrons. The van der Waals surface area contributed by atoms with Crippen molar-refractivity contribution in [2.24, 2.45) is 0 Å². The highest BCUT2D eigenvalue weighted by Gasteiger charge is 2.17. The number of fused-ring (bicyclic) bond motifs is 7. The van der Waals surface area contributed by atoms with Crippen LogP contribution in [0.5, 0.6) is 0 Å². The van der Waals surface area contributed by atoms with Crippen molar-refractivity contribution in [3.63, 3.8) is 0 Å². The highest BCUT2D eigenvalue weighted by Crippen LogP contribution is 2.37. The van der Waals surface area contributed by atoms with Gasteiger partial charge < -0.3 is 13.7 Å². The number of pyridine rings is 1. The zero-order chi connectivity index (χ0) is 29.4. The number of benzene rings is 6. The summed E-state index contributed by atoms with van der Waals surface area (Å²) in [5, 5.41) is 5.55. The van der Waals surface area contributed by atoms with Crippen LogP contribution in [0.3, 0.4) is 0 Å². The third-order valence-corrected chi connectivity index (χ3v) is 8.95. The fourth-order valence-corrected chi connectivity index (χ4v) is 6.97. The molecule has 0 saturated heterocycles. The molecule has 0 atom stereocenters. The maximum atomic E-state index is 13.5. The molecule has 4 nitrogen and oxygen atoms in total. The Labute approximate surface area is 253 Å². The van der Waals surface area contributed by atoms with Crippen LogP contribution < -0.4 is 5.43 Å². The van der Waals surface area contributed by atoms with Crippen molar-refractivity contribution in [1.82, 2.24) is 13.7 Å². The Bertz CT molecular complexity index is 2580. The molecule has 4 heteroatoms. The Balaban J connectivity index is 1.31. The van der Waals surface area contributed by atoms with Crippen LogP contribution in [-0.2, 0) is 0 Å². The summed E-state index contributed by atoms with van der Waals surface area (Å²) in [7, 11) is 0. The van der Waals surface area contributed by atoms with Crippen molar-refractivity contribution in [1.29, 1.82) is 0 Å². The molecular formula is C40H27N3O. The predicted octanol–water partition coefficient (Wildman–Crippen LogP) is 9.49. The van der Waals surface area contributed by atoms with Gasteiger partial charge >= 0.3 is 0 Å². The molecule has 3 aromatic heterocycles. The second-order valence-corrected chi connectivity index (χ2v) is 11.5. The maximum absolute atomic E-state index is 13.5. The van der Waals surface area contributed by atoms with Crippen LogP contribution in [0.25, 0.3) is 71.6 Å². The fraction of sp³-hybridized carbons (Fsp3) is 0.0250. The molecule has 0 N–H and O–H groups in total. The summed E-state index contributed by atoms with van der Waals surface area (Å²) in [6.07, 6.45) is 1.94. The summed E-state index contributed by atoms with van der Waals surface area (Å²) >= 11 is 0. The van der Waals surface area contributed by atoms with Crippen molar-refractivity contribution in [3.8, 4) is 17.1 Å². The second-order valence-electron chi connectivity index (χ2n) is 11.5. The lowest BCUT2D eigenvalue weighted by molar-refractivity contribution is 1.07. The average Bonchev–Trinajstić information content (AvgIpc) is 3.59. The molecular weight excluding hydrogens is 538 g/mol. The van der Waals surface area contributed by atoms with Gasteiger partial charge in [-0.2, -0.15) is 0 Å². The summed E-state index contributed by atoms with van der Waals surface area (Å²) in [6, 6.07) is 48.9. The molecule has 0 fully saturated rings. The number of rotatable bonds is 3. The Morgan fingerprint density at radius 2 is 0.864 bits per heavy atom. The van der Waals surface area contributed by atoms with Crippen molar-refractivity contribution in [2.45, 2.75) is 6.92 Å². The SMILES string of the molecule is Cc1cn(-c2ccccc2)c2ccc(-n3c4ccccc4c4cc(-n5c6ccccc6c6ccccc65)ccc43)cc2c1=O. The molecule has 9 aromatic rings. The van der Waals surface area contributed by atoms with Gasteiger partial charge in [0.15, 0.2) is 5.43 Å². The van der Waals surface area contributed by atoms with Crippen LogP contribution in [0.1, 0.15) is 5.56 Å². The topological polar surface area (TPSA) is 31.9 Å². The molecule has 0 saturated carbocycles. The number of aromatic nitrogens is 3. The molecule has 0 aliphatic rings. The van der Waals surface area contributed by atoms with Crippen molar-refractivity contribution in [3.05, 3.63) is 162 Å². The van der Waals surface area contributed by atoms with Gasteiger partial charge in [-0.05, 0) is 73.7 Å². The first-order chi connectivity index (χ1) is 21.7. The van der Waals surface area contributed by atoms with Crippen molar-refractivity contribution in [2.75, 3.05) is 0 Å². The third-order valence-electron chi connectivity index (χ3n) is 8.95. The molecule has 3 heterocycles. The first-order valence-electron chi connectivity index (χ1n) is 14.9. The minimum absolute atomic E-state index is 0.0587. The largest absolute Gasteiger partial charge is 0.316 e. The number of nitrogens with zero attached hydrogens (tertiary/aromatic N) is 3. The van der Waals surface area contributed by atoms with Gasteiger partial charge in [0.25, 0.3) is 0 Å². The van der Waals surface area contributed by atoms with E-state index >= 15 is 0 Å². The van der Waals surface area contributed by atoms with Crippen LogP contribution in [0.15, 0.2) is 151 Å². The van der Waals surface area contributed by atoms with E-state index in [1.54, 1.807) is 0 Å². The lowest BCUT2D eigenvalue weighted by Crippen LogP contribution is -2.12. The lowest BCUT2D eigenvalue weighted by Gasteiger charge is -2.15. The Kier molecular flexibility index (Phi) is 5.23. The van der Waals surface area contributed by atoms with E-state index < -0.39 is 0 Å². The highest BCUT2D eigenvalue weighted by molar-refractivity contribution is 6.12. The number of hydrogen-bond acceptors (Lipinski definition) is 1. The van der Waals surface area contributed by atoms with E-state index in [2.05, 4.69) is 135 Å². The summed E-state index contributed by atoms with van der Waals surface area (Å²) < 4.78 is 6.76. The normalized spacial score (nSPS) is 11.8. The molecule has 0 spiro atoms. The molecule has 0 unspecified atom stereocenters. The van der Waals surface area contributed by atoms with Gasteiger partial charge in [0.2, 0.25) is 0 Å². The highest BCUT2D eigenvalue weighted by atomic mass is 16.1. The molecule has 208 valence electrons. The van der Waals surface area contributed by atoms with E-state index in [-0.39, 0.29) is 5.43 Å². The summed E-state index contributed by atoms with van der Waals surface area (Å²) in [5.74, 6) is 0. The van der Waals surface area contributed by atoms with Crippen molar-refractivity contribution < 1.29 is 0 Å². The lowest BCUT2D eigenvalue weighted by atomic mass is 10.1. The molecule has 0 aliphatic carbocycles. The van der Waals surface area contributed by atoms with Crippen LogP contribution in [0.4, 0.5) is 0 Å². The van der Waals surface area contributed by atoms with Gasteiger partial charge in [-0.15, -0.1) is 0 Å². The summed E-state index contributed by atoms with van der Waals surface area (Å²) in [5.41, 5.74) is 9.39. The number of hydrogen-bond donors (Lipinski definition) is 0. The number of aryl methyl sites for hydroxylation is 1. The molecule has 6 aromatic carbocycles. The zero-order valence-electron chi connectivity index (χ0n) is 24.1. The van der Waals surface area contributed by atoms with Gasteiger partial charge in [-0.25, -0.2) is 0 Å². The standard InChI is InChI=1S/C40H27N3O/c1-26-25-41(27-11-3-2-4-12-27)35-21-19-29(24-34(35)40(26)44)43-38-18-10-7-15-32(38)33-23-28(20-22-39(33)43)42-36-16-8-5-13-30(36)31-14-6-9-17-37(31)42/h2-25H,1H3. The minimum atomic E-state index is 0.0587. The fourth-order valence-electron chi connectivity index (χ4n) is 6.97. The third kappa shape index (κ3) is 3.48. The average molecular weight is 566 g/mol. The van der Waals surface area contributed by atoms with E-state index in [0.717, 1.165) is 39.2 Å². The number of para-hydroxylation sites is 4. The Morgan fingerprint density at radius 1 is 0.409 bits per heavy atom. The Hall–Kier alpha value is -5.87. The quantitative estimate of drug-likeness (QED) is 0.210. The molecule has 9 rings (SSSR count). The first kappa shape index (κ1) is 24.7. The van der Waals surface area contributed by atoms with Crippen LogP contribution in [0, 0.1) is 6.92 Å². The van der Waals surface area contributed by atoms with Crippen LogP contribution in [0.2, 0.25) is 0 Å². The monoisotopic (exact) mass is 565 g/mol. The van der Waals surface area contributed by atoms with E-state index in [4.69, 9.17) is 0 Å². The van der Waals surface area contributed by atoms with E-state index in [9.17, 15) is 4.79 Å². The summed E-state index contributed by atoms with van der Waals surface area (Å²) in [6.45, 7) is 1.89. The molecule has 0 amide bonds. The molecule has 44 heavy (non-hydrogen) atoms. The van der Waals surface area contributed by atoms with Crippen LogP contribution >= 0.6 is 0 Å². The van der Waals surface area contributed by atoms with Crippen molar-refractivity contribution >= 4 is 54.5 Å². The second kappa shape index (κ2) is 9.32. The van der Waals surface area contributed by atoms with Gasteiger partial charge in [0.1, 0.15) is 0 Å². The first-order valence-corrected chi connectivity index (χ1v) is 14.9. The summed E-state index contributed by atoms with van der Waals surface area (Å²) in [4.78, 5) is 13.5.